The maximum Gasteiger partial charge on any atom is 0.323 e. The average Bonchev–Trinajstić information content (AvgIpc) is 2.89. The van der Waals surface area contributed by atoms with Crippen molar-refractivity contribution in [3.05, 3.63) is 80.1 Å². The maximum atomic E-state index is 13.4. The van der Waals surface area contributed by atoms with Gasteiger partial charge in [-0.2, -0.15) is 0 Å². The summed E-state index contributed by atoms with van der Waals surface area (Å²) in [4.78, 5) is 40.2. The van der Waals surface area contributed by atoms with E-state index in [4.69, 9.17) is 32.7 Å². The number of ether oxygens (including phenoxy) is 2. The van der Waals surface area contributed by atoms with Crippen LogP contribution in [0.5, 0.6) is 11.5 Å². The topological polar surface area (TPSA) is 93.1 Å². The highest BCUT2D eigenvalue weighted by Gasteiger charge is 2.44. The Hall–Kier alpha value is -3.29. The van der Waals surface area contributed by atoms with Gasteiger partial charge in [0.05, 0.1) is 12.1 Å². The summed E-state index contributed by atoms with van der Waals surface area (Å²) >= 11 is 12.7. The Morgan fingerprint density at radius 3 is 2.13 bits per heavy atom. The number of carbonyl (C=O) groups excluding carboxylic acids is 2. The smallest absolute Gasteiger partial charge is 0.323 e. The van der Waals surface area contributed by atoms with E-state index in [-0.39, 0.29) is 29.7 Å². The molecule has 0 fully saturated rings. The minimum Gasteiger partial charge on any atom is -0.493 e. The van der Waals surface area contributed by atoms with Gasteiger partial charge in [0, 0.05) is 46.3 Å². The number of ketones is 2. The SMILES string of the molecule is COc1cc(C2C3=C(CCCC3=O)N(CC(=O)O)C3=C2C(=O)CCC3)cc(Cl)c1OCc1ccc(Cl)cc1. The van der Waals surface area contributed by atoms with Crippen LogP contribution in [0, 0.1) is 0 Å². The summed E-state index contributed by atoms with van der Waals surface area (Å²) in [6, 6.07) is 10.7. The number of hydrogen-bond acceptors (Lipinski definition) is 6. The zero-order valence-electron chi connectivity index (χ0n) is 20.9. The molecule has 0 bridgehead atoms. The monoisotopic (exact) mass is 555 g/mol. The van der Waals surface area contributed by atoms with Crippen molar-refractivity contribution in [2.75, 3.05) is 13.7 Å². The molecule has 38 heavy (non-hydrogen) atoms. The van der Waals surface area contributed by atoms with Crippen molar-refractivity contribution >= 4 is 40.7 Å². The Morgan fingerprint density at radius 1 is 0.974 bits per heavy atom. The van der Waals surface area contributed by atoms with E-state index < -0.39 is 11.9 Å². The van der Waals surface area contributed by atoms with Crippen molar-refractivity contribution in [2.24, 2.45) is 0 Å². The van der Waals surface area contributed by atoms with E-state index in [0.717, 1.165) is 5.56 Å². The van der Waals surface area contributed by atoms with Crippen molar-refractivity contribution in [3.63, 3.8) is 0 Å². The molecule has 7 nitrogen and oxygen atoms in total. The van der Waals surface area contributed by atoms with Crippen LogP contribution < -0.4 is 9.47 Å². The van der Waals surface area contributed by atoms with E-state index in [1.54, 1.807) is 29.2 Å². The van der Waals surface area contributed by atoms with E-state index in [2.05, 4.69) is 0 Å². The highest BCUT2D eigenvalue weighted by Crippen LogP contribution is 2.51. The van der Waals surface area contributed by atoms with Gasteiger partial charge >= 0.3 is 5.97 Å². The first kappa shape index (κ1) is 26.3. The molecule has 0 spiro atoms. The second-order valence-electron chi connectivity index (χ2n) is 9.64. The predicted molar refractivity (Wildman–Crippen MR) is 143 cm³/mol. The van der Waals surface area contributed by atoms with Gasteiger partial charge in [-0.25, -0.2) is 0 Å². The second kappa shape index (κ2) is 10.8. The third kappa shape index (κ3) is 4.93. The van der Waals surface area contributed by atoms with Gasteiger partial charge in [-0.3, -0.25) is 14.4 Å². The lowest BCUT2D eigenvalue weighted by Gasteiger charge is -2.43. The minimum absolute atomic E-state index is 0.0743. The Morgan fingerprint density at radius 2 is 1.58 bits per heavy atom. The number of aliphatic carboxylic acids is 1. The van der Waals surface area contributed by atoms with Crippen LogP contribution in [0.3, 0.4) is 0 Å². The Kier molecular flexibility index (Phi) is 7.50. The normalized spacial score (nSPS) is 17.9. The van der Waals surface area contributed by atoms with Crippen molar-refractivity contribution < 1.29 is 29.0 Å². The molecule has 2 aromatic carbocycles. The summed E-state index contributed by atoms with van der Waals surface area (Å²) < 4.78 is 11.7. The van der Waals surface area contributed by atoms with Crippen LogP contribution in [-0.4, -0.2) is 41.2 Å². The number of methoxy groups -OCH3 is 1. The van der Waals surface area contributed by atoms with Gasteiger partial charge in [-0.1, -0.05) is 35.3 Å². The van der Waals surface area contributed by atoms with Gasteiger partial charge in [0.1, 0.15) is 13.2 Å². The first-order valence-electron chi connectivity index (χ1n) is 12.5. The molecule has 0 aromatic heterocycles. The third-order valence-corrected chi connectivity index (χ3v) is 7.79. The number of benzene rings is 2. The quantitative estimate of drug-likeness (QED) is 0.442. The number of carbonyl (C=O) groups is 3. The molecular formula is C29H27Cl2NO6. The Bertz CT molecular complexity index is 1330. The fourth-order valence-corrected chi connectivity index (χ4v) is 6.06. The van der Waals surface area contributed by atoms with Gasteiger partial charge in [-0.15, -0.1) is 0 Å². The van der Waals surface area contributed by atoms with Crippen molar-refractivity contribution in [2.45, 2.75) is 51.0 Å². The zero-order valence-corrected chi connectivity index (χ0v) is 22.4. The van der Waals surface area contributed by atoms with Crippen LogP contribution in [0.15, 0.2) is 58.9 Å². The molecule has 2 aliphatic carbocycles. The molecule has 0 saturated carbocycles. The Balaban J connectivity index is 1.60. The fourth-order valence-electron chi connectivity index (χ4n) is 5.66. The molecular weight excluding hydrogens is 529 g/mol. The van der Waals surface area contributed by atoms with E-state index >= 15 is 0 Å². The van der Waals surface area contributed by atoms with Crippen molar-refractivity contribution in [1.82, 2.24) is 4.90 Å². The lowest BCUT2D eigenvalue weighted by molar-refractivity contribution is -0.138. The maximum absolute atomic E-state index is 13.4. The molecule has 1 heterocycles. The number of hydrogen-bond donors (Lipinski definition) is 1. The number of halogens is 2. The van der Waals surface area contributed by atoms with Crippen LogP contribution in [0.1, 0.15) is 55.6 Å². The van der Waals surface area contributed by atoms with E-state index in [9.17, 15) is 19.5 Å². The minimum atomic E-state index is -1.01. The number of carboxylic acids is 1. The summed E-state index contributed by atoms with van der Waals surface area (Å²) in [6.45, 7) is -0.0474. The largest absolute Gasteiger partial charge is 0.493 e. The number of rotatable bonds is 7. The van der Waals surface area contributed by atoms with Gasteiger partial charge in [-0.05, 0) is 61.1 Å². The molecule has 5 rings (SSSR count). The molecule has 198 valence electrons. The van der Waals surface area contributed by atoms with Crippen molar-refractivity contribution in [3.8, 4) is 11.5 Å². The Labute approximate surface area is 230 Å². The molecule has 2 aromatic rings. The van der Waals surface area contributed by atoms with Gasteiger partial charge < -0.3 is 19.5 Å². The third-order valence-electron chi connectivity index (χ3n) is 7.26. The summed E-state index contributed by atoms with van der Waals surface area (Å²) in [6.07, 6.45) is 3.11. The summed E-state index contributed by atoms with van der Waals surface area (Å²) in [5.74, 6) is -1.06. The average molecular weight is 556 g/mol. The molecule has 3 aliphatic rings. The lowest BCUT2D eigenvalue weighted by Crippen LogP contribution is -2.41. The predicted octanol–water partition coefficient (Wildman–Crippen LogP) is 6.08. The zero-order chi connectivity index (χ0) is 27.0. The number of carboxylic acid groups (broad SMARTS) is 1. The van der Waals surface area contributed by atoms with Gasteiger partial charge in [0.15, 0.2) is 23.1 Å². The van der Waals surface area contributed by atoms with E-state index in [1.807, 2.05) is 12.1 Å². The van der Waals surface area contributed by atoms with E-state index in [0.29, 0.717) is 83.2 Å². The summed E-state index contributed by atoms with van der Waals surface area (Å²) in [7, 11) is 1.51. The molecule has 0 amide bonds. The van der Waals surface area contributed by atoms with Gasteiger partial charge in [0.2, 0.25) is 0 Å². The molecule has 9 heteroatoms. The highest BCUT2D eigenvalue weighted by molar-refractivity contribution is 6.32. The van der Waals surface area contributed by atoms with Crippen LogP contribution in [0.25, 0.3) is 0 Å². The second-order valence-corrected chi connectivity index (χ2v) is 10.5. The molecule has 0 radical (unpaired) electrons. The molecule has 0 saturated heterocycles. The summed E-state index contributed by atoms with van der Waals surface area (Å²) in [5.41, 5.74) is 3.90. The number of allylic oxidation sites excluding steroid dienone is 4. The molecule has 1 aliphatic heterocycles. The molecule has 0 atom stereocenters. The first-order valence-corrected chi connectivity index (χ1v) is 13.3. The van der Waals surface area contributed by atoms with Gasteiger partial charge in [0.25, 0.3) is 0 Å². The first-order chi connectivity index (χ1) is 18.3. The van der Waals surface area contributed by atoms with Crippen LogP contribution in [0.2, 0.25) is 10.0 Å². The lowest BCUT2D eigenvalue weighted by atomic mass is 9.71. The summed E-state index contributed by atoms with van der Waals surface area (Å²) in [5, 5.41) is 10.5. The van der Waals surface area contributed by atoms with Crippen LogP contribution >= 0.6 is 23.2 Å². The van der Waals surface area contributed by atoms with Crippen LogP contribution in [-0.2, 0) is 21.0 Å². The molecule has 1 N–H and O–H groups in total. The standard InChI is InChI=1S/C29H27Cl2NO6/c1-37-24-13-17(12-19(31)29(24)38-15-16-8-10-18(30)11-9-16)26-27-20(4-2-6-22(27)33)32(14-25(35)36)21-5-3-7-23(34)28(21)26/h8-13,26H,2-7,14-15H2,1H3,(H,35,36). The van der Waals surface area contributed by atoms with E-state index in [1.165, 1.54) is 7.11 Å². The van der Waals surface area contributed by atoms with Crippen LogP contribution in [0.4, 0.5) is 0 Å². The van der Waals surface area contributed by atoms with Crippen molar-refractivity contribution in [1.29, 1.82) is 0 Å². The molecule has 0 unspecified atom stereocenters. The highest BCUT2D eigenvalue weighted by atomic mass is 35.5. The number of nitrogens with zero attached hydrogens (tertiary/aromatic N) is 1. The number of Topliss-reactive ketones (excluding diaryl/α,β-unsaturated/α-hetero) is 2. The fraction of sp³-hybridized carbons (Fsp3) is 0.345.